The van der Waals surface area contributed by atoms with E-state index in [9.17, 15) is 0 Å². The first-order valence-electron chi connectivity index (χ1n) is 6.51. The molecule has 2 rings (SSSR count). The van der Waals surface area contributed by atoms with E-state index in [1.54, 1.807) is 11.8 Å². The molecule has 0 radical (unpaired) electrons. The Morgan fingerprint density at radius 2 is 1.95 bits per heavy atom. The van der Waals surface area contributed by atoms with Gasteiger partial charge in [-0.2, -0.15) is 0 Å². The SMILES string of the molecule is CCC(C)CSc1cc(N)nc(-c2ccccc2)n1. The standard InChI is InChI=1S/C15H19N3S/c1-3-11(2)10-19-14-9-13(16)17-15(18-14)12-7-5-4-6-8-12/h4-9,11H,3,10H2,1-2H3,(H2,16,17,18). The van der Waals surface area contributed by atoms with E-state index in [2.05, 4.69) is 23.8 Å². The van der Waals surface area contributed by atoms with E-state index in [4.69, 9.17) is 5.73 Å². The van der Waals surface area contributed by atoms with E-state index in [-0.39, 0.29) is 0 Å². The molecule has 2 aromatic rings. The number of hydrogen-bond acceptors (Lipinski definition) is 4. The summed E-state index contributed by atoms with van der Waals surface area (Å²) in [7, 11) is 0. The second-order valence-electron chi connectivity index (χ2n) is 4.65. The van der Waals surface area contributed by atoms with Gasteiger partial charge < -0.3 is 5.73 Å². The van der Waals surface area contributed by atoms with Crippen molar-refractivity contribution in [3.05, 3.63) is 36.4 Å². The molecule has 0 saturated carbocycles. The largest absolute Gasteiger partial charge is 0.384 e. The van der Waals surface area contributed by atoms with Crippen molar-refractivity contribution in [2.45, 2.75) is 25.3 Å². The lowest BCUT2D eigenvalue weighted by Gasteiger charge is -2.09. The highest BCUT2D eigenvalue weighted by Gasteiger charge is 2.07. The first-order chi connectivity index (χ1) is 9.19. The highest BCUT2D eigenvalue weighted by Crippen LogP contribution is 2.24. The monoisotopic (exact) mass is 273 g/mol. The van der Waals surface area contributed by atoms with Crippen LogP contribution in [-0.2, 0) is 0 Å². The summed E-state index contributed by atoms with van der Waals surface area (Å²) in [5.41, 5.74) is 6.87. The van der Waals surface area contributed by atoms with Gasteiger partial charge in [0.1, 0.15) is 10.8 Å². The van der Waals surface area contributed by atoms with E-state index in [0.717, 1.165) is 16.3 Å². The fourth-order valence-electron chi connectivity index (χ4n) is 1.58. The highest BCUT2D eigenvalue weighted by molar-refractivity contribution is 7.99. The summed E-state index contributed by atoms with van der Waals surface area (Å²) in [4.78, 5) is 8.89. The smallest absolute Gasteiger partial charge is 0.162 e. The molecule has 0 saturated heterocycles. The van der Waals surface area contributed by atoms with Crippen LogP contribution in [0.4, 0.5) is 5.82 Å². The highest BCUT2D eigenvalue weighted by atomic mass is 32.2. The normalized spacial score (nSPS) is 12.3. The fourth-order valence-corrected chi connectivity index (χ4v) is 2.62. The van der Waals surface area contributed by atoms with Crippen LogP contribution in [-0.4, -0.2) is 15.7 Å². The van der Waals surface area contributed by atoms with Gasteiger partial charge in [-0.05, 0) is 5.92 Å². The zero-order valence-corrected chi connectivity index (χ0v) is 12.2. The molecule has 0 fully saturated rings. The number of benzene rings is 1. The molecule has 1 aromatic heterocycles. The Morgan fingerprint density at radius 1 is 1.21 bits per heavy atom. The summed E-state index contributed by atoms with van der Waals surface area (Å²) in [6.07, 6.45) is 1.18. The first kappa shape index (κ1) is 13.9. The Labute approximate surface area is 118 Å². The predicted octanol–water partition coefficient (Wildman–Crippen LogP) is 3.86. The van der Waals surface area contributed by atoms with Crippen molar-refractivity contribution in [1.29, 1.82) is 0 Å². The number of nitrogens with two attached hydrogens (primary N) is 1. The van der Waals surface area contributed by atoms with Gasteiger partial charge in [-0.15, -0.1) is 11.8 Å². The molecule has 0 amide bonds. The third-order valence-electron chi connectivity index (χ3n) is 2.97. The number of rotatable bonds is 5. The zero-order valence-electron chi connectivity index (χ0n) is 11.3. The number of thioether (sulfide) groups is 1. The van der Waals surface area contributed by atoms with Crippen molar-refractivity contribution in [3.63, 3.8) is 0 Å². The molecule has 1 aromatic carbocycles. The van der Waals surface area contributed by atoms with Gasteiger partial charge in [0.2, 0.25) is 0 Å². The third kappa shape index (κ3) is 3.96. The van der Waals surface area contributed by atoms with Crippen LogP contribution in [0.25, 0.3) is 11.4 Å². The van der Waals surface area contributed by atoms with Crippen LogP contribution in [0, 0.1) is 5.92 Å². The molecule has 0 aliphatic rings. The van der Waals surface area contributed by atoms with Crippen LogP contribution in [0.1, 0.15) is 20.3 Å². The molecule has 1 heterocycles. The topological polar surface area (TPSA) is 51.8 Å². The molecule has 100 valence electrons. The van der Waals surface area contributed by atoms with E-state index >= 15 is 0 Å². The second-order valence-corrected chi connectivity index (χ2v) is 5.69. The minimum Gasteiger partial charge on any atom is -0.384 e. The van der Waals surface area contributed by atoms with Gasteiger partial charge in [0.25, 0.3) is 0 Å². The van der Waals surface area contributed by atoms with Gasteiger partial charge in [-0.1, -0.05) is 50.6 Å². The van der Waals surface area contributed by atoms with Crippen LogP contribution in [0.15, 0.2) is 41.4 Å². The lowest BCUT2D eigenvalue weighted by atomic mass is 10.2. The van der Waals surface area contributed by atoms with Gasteiger partial charge in [-0.3, -0.25) is 0 Å². The van der Waals surface area contributed by atoms with Gasteiger partial charge in [0, 0.05) is 17.4 Å². The molecule has 0 aliphatic carbocycles. The molecular formula is C15H19N3S. The number of hydrogen-bond donors (Lipinski definition) is 1. The summed E-state index contributed by atoms with van der Waals surface area (Å²) in [5, 5.41) is 0.951. The van der Waals surface area contributed by atoms with Gasteiger partial charge >= 0.3 is 0 Å². The Balaban J connectivity index is 2.20. The molecule has 4 heteroatoms. The van der Waals surface area contributed by atoms with Crippen LogP contribution in [0.5, 0.6) is 0 Å². The average Bonchev–Trinajstić information content (AvgIpc) is 2.45. The number of nitrogens with zero attached hydrogens (tertiary/aromatic N) is 2. The van der Waals surface area contributed by atoms with Crippen molar-refractivity contribution in [3.8, 4) is 11.4 Å². The maximum absolute atomic E-state index is 5.87. The quantitative estimate of drug-likeness (QED) is 0.664. The van der Waals surface area contributed by atoms with Crippen LogP contribution >= 0.6 is 11.8 Å². The lowest BCUT2D eigenvalue weighted by molar-refractivity contribution is 0.636. The van der Waals surface area contributed by atoms with Crippen LogP contribution < -0.4 is 5.73 Å². The number of anilines is 1. The molecule has 0 bridgehead atoms. The molecule has 1 unspecified atom stereocenters. The van der Waals surface area contributed by atoms with E-state index in [1.165, 1.54) is 6.42 Å². The minimum atomic E-state index is 0.528. The first-order valence-corrected chi connectivity index (χ1v) is 7.50. The van der Waals surface area contributed by atoms with Crippen LogP contribution in [0.2, 0.25) is 0 Å². The van der Waals surface area contributed by atoms with Gasteiger partial charge in [0.05, 0.1) is 0 Å². The Hall–Kier alpha value is -1.55. The van der Waals surface area contributed by atoms with E-state index < -0.39 is 0 Å². The summed E-state index contributed by atoms with van der Waals surface area (Å²) in [6, 6.07) is 11.8. The van der Waals surface area contributed by atoms with Crippen molar-refractivity contribution < 1.29 is 0 Å². The van der Waals surface area contributed by atoms with Crippen LogP contribution in [0.3, 0.4) is 0 Å². The van der Waals surface area contributed by atoms with E-state index in [0.29, 0.717) is 17.6 Å². The summed E-state index contributed by atoms with van der Waals surface area (Å²) < 4.78 is 0. The zero-order chi connectivity index (χ0) is 13.7. The van der Waals surface area contributed by atoms with Crippen molar-refractivity contribution in [2.24, 2.45) is 5.92 Å². The molecule has 0 aliphatic heterocycles. The molecular weight excluding hydrogens is 254 g/mol. The third-order valence-corrected chi connectivity index (χ3v) is 4.21. The Morgan fingerprint density at radius 3 is 2.63 bits per heavy atom. The molecule has 0 spiro atoms. The molecule has 2 N–H and O–H groups in total. The summed E-state index contributed by atoms with van der Waals surface area (Å²) >= 11 is 1.74. The molecule has 3 nitrogen and oxygen atoms in total. The molecule has 19 heavy (non-hydrogen) atoms. The second kappa shape index (κ2) is 6.57. The molecule has 1 atom stereocenters. The van der Waals surface area contributed by atoms with Crippen molar-refractivity contribution in [2.75, 3.05) is 11.5 Å². The van der Waals surface area contributed by atoms with Crippen molar-refractivity contribution >= 4 is 17.6 Å². The maximum atomic E-state index is 5.87. The summed E-state index contributed by atoms with van der Waals surface area (Å²) in [6.45, 7) is 4.45. The van der Waals surface area contributed by atoms with Crippen molar-refractivity contribution in [1.82, 2.24) is 9.97 Å². The predicted molar refractivity (Wildman–Crippen MR) is 82.1 cm³/mol. The summed E-state index contributed by atoms with van der Waals surface area (Å²) in [5.74, 6) is 2.97. The minimum absolute atomic E-state index is 0.528. The fraction of sp³-hybridized carbons (Fsp3) is 0.333. The number of nitrogen functional groups attached to an aromatic ring is 1. The average molecular weight is 273 g/mol. The number of aromatic nitrogens is 2. The lowest BCUT2D eigenvalue weighted by Crippen LogP contribution is -2.00. The van der Waals surface area contributed by atoms with Gasteiger partial charge in [0.15, 0.2) is 5.82 Å². The Bertz CT molecular complexity index is 528. The maximum Gasteiger partial charge on any atom is 0.162 e. The Kier molecular flexibility index (Phi) is 4.80. The van der Waals surface area contributed by atoms with Gasteiger partial charge in [-0.25, -0.2) is 9.97 Å². The van der Waals surface area contributed by atoms with E-state index in [1.807, 2.05) is 36.4 Å².